The summed E-state index contributed by atoms with van der Waals surface area (Å²) in [6, 6.07) is 8.19. The van der Waals surface area contributed by atoms with E-state index in [1.54, 1.807) is 0 Å². The van der Waals surface area contributed by atoms with Crippen LogP contribution in [0.5, 0.6) is 0 Å². The molecule has 29 heavy (non-hydrogen) atoms. The van der Waals surface area contributed by atoms with Gasteiger partial charge in [-0.3, -0.25) is 9.59 Å². The molecule has 162 valence electrons. The number of rotatable bonds is 13. The number of hydrogen-bond donors (Lipinski definition) is 0. The molecular weight excluding hydrogens is 388 g/mol. The van der Waals surface area contributed by atoms with Crippen molar-refractivity contribution in [3.05, 3.63) is 29.8 Å². The Balaban J connectivity index is 1.79. The van der Waals surface area contributed by atoms with E-state index >= 15 is 0 Å². The first-order valence-electron chi connectivity index (χ1n) is 10.8. The number of ketones is 1. The van der Waals surface area contributed by atoms with Crippen molar-refractivity contribution in [1.82, 2.24) is 0 Å². The minimum atomic E-state index is -0.418. The minimum absolute atomic E-state index is 0.0674. The number of thioether (sulfide) groups is 1. The van der Waals surface area contributed by atoms with Crippen LogP contribution in [-0.2, 0) is 30.2 Å². The van der Waals surface area contributed by atoms with E-state index in [4.69, 9.17) is 14.2 Å². The number of hydrogen-bond acceptors (Lipinski definition) is 6. The van der Waals surface area contributed by atoms with Gasteiger partial charge in [-0.2, -0.15) is 0 Å². The summed E-state index contributed by atoms with van der Waals surface area (Å²) in [7, 11) is 0. The SMILES string of the molecule is CCCCOC(=O)CC(=O)C(CC)Sc1cccc(CCOC2CCCCO2)c1. The fourth-order valence-electron chi connectivity index (χ4n) is 3.10. The number of carbonyl (C=O) groups excluding carboxylic acids is 2. The Labute approximate surface area is 178 Å². The van der Waals surface area contributed by atoms with Gasteiger partial charge in [-0.25, -0.2) is 0 Å². The van der Waals surface area contributed by atoms with Crippen molar-refractivity contribution < 1.29 is 23.8 Å². The van der Waals surface area contributed by atoms with E-state index in [1.165, 1.54) is 17.3 Å². The molecule has 0 aromatic heterocycles. The summed E-state index contributed by atoms with van der Waals surface area (Å²) in [5, 5.41) is -0.240. The summed E-state index contributed by atoms with van der Waals surface area (Å²) >= 11 is 1.52. The molecule has 1 fully saturated rings. The van der Waals surface area contributed by atoms with E-state index in [9.17, 15) is 9.59 Å². The molecule has 1 aliphatic heterocycles. The van der Waals surface area contributed by atoms with Crippen LogP contribution < -0.4 is 0 Å². The van der Waals surface area contributed by atoms with Crippen molar-refractivity contribution in [3.8, 4) is 0 Å². The quantitative estimate of drug-likeness (QED) is 0.194. The summed E-state index contributed by atoms with van der Waals surface area (Å²) < 4.78 is 16.5. The Morgan fingerprint density at radius 1 is 1.24 bits per heavy atom. The van der Waals surface area contributed by atoms with Gasteiger partial charge >= 0.3 is 5.97 Å². The molecule has 0 amide bonds. The van der Waals surface area contributed by atoms with Gasteiger partial charge in [-0.15, -0.1) is 11.8 Å². The summed E-state index contributed by atoms with van der Waals surface area (Å²) in [5.74, 6) is -0.486. The maximum atomic E-state index is 12.5. The van der Waals surface area contributed by atoms with E-state index in [2.05, 4.69) is 12.1 Å². The van der Waals surface area contributed by atoms with Crippen molar-refractivity contribution in [1.29, 1.82) is 0 Å². The molecule has 1 aromatic rings. The van der Waals surface area contributed by atoms with Crippen molar-refractivity contribution in [2.24, 2.45) is 0 Å². The molecule has 0 N–H and O–H groups in total. The van der Waals surface area contributed by atoms with E-state index < -0.39 is 5.97 Å². The maximum Gasteiger partial charge on any atom is 0.313 e. The molecule has 0 radical (unpaired) electrons. The van der Waals surface area contributed by atoms with Gasteiger partial charge in [0.1, 0.15) is 6.42 Å². The van der Waals surface area contributed by atoms with Gasteiger partial charge in [0, 0.05) is 11.5 Å². The van der Waals surface area contributed by atoms with Gasteiger partial charge < -0.3 is 14.2 Å². The molecule has 1 heterocycles. The second-order valence-electron chi connectivity index (χ2n) is 7.30. The summed E-state index contributed by atoms with van der Waals surface area (Å²) in [6.45, 7) is 5.81. The van der Waals surface area contributed by atoms with Crippen LogP contribution in [0.25, 0.3) is 0 Å². The lowest BCUT2D eigenvalue weighted by atomic mass is 10.1. The first-order valence-corrected chi connectivity index (χ1v) is 11.7. The maximum absolute atomic E-state index is 12.5. The second kappa shape index (κ2) is 13.8. The Morgan fingerprint density at radius 2 is 2.10 bits per heavy atom. The average molecular weight is 423 g/mol. The lowest BCUT2D eigenvalue weighted by Gasteiger charge is -2.22. The lowest BCUT2D eigenvalue weighted by molar-refractivity contribution is -0.161. The number of ether oxygens (including phenoxy) is 3. The molecule has 5 nitrogen and oxygen atoms in total. The number of esters is 1. The zero-order valence-electron chi connectivity index (χ0n) is 17.7. The van der Waals surface area contributed by atoms with Crippen LogP contribution in [0.2, 0.25) is 0 Å². The van der Waals surface area contributed by atoms with Gasteiger partial charge in [0.05, 0.1) is 18.5 Å². The first-order chi connectivity index (χ1) is 14.1. The third-order valence-electron chi connectivity index (χ3n) is 4.82. The molecule has 0 saturated carbocycles. The molecule has 1 aliphatic rings. The minimum Gasteiger partial charge on any atom is -0.465 e. The predicted octanol–water partition coefficient (Wildman–Crippen LogP) is 4.95. The van der Waals surface area contributed by atoms with Crippen LogP contribution in [0.4, 0.5) is 0 Å². The Kier molecular flexibility index (Phi) is 11.4. The molecule has 0 spiro atoms. The highest BCUT2D eigenvalue weighted by Gasteiger charge is 2.21. The number of benzene rings is 1. The summed E-state index contributed by atoms with van der Waals surface area (Å²) in [6.07, 6.45) is 6.31. The Morgan fingerprint density at radius 3 is 2.83 bits per heavy atom. The number of carbonyl (C=O) groups is 2. The van der Waals surface area contributed by atoms with Crippen molar-refractivity contribution in [2.45, 2.75) is 81.6 Å². The van der Waals surface area contributed by atoms with Gasteiger partial charge in [0.2, 0.25) is 0 Å². The molecule has 2 atom stereocenters. The average Bonchev–Trinajstić information content (AvgIpc) is 2.73. The van der Waals surface area contributed by atoms with Crippen LogP contribution in [0.15, 0.2) is 29.2 Å². The van der Waals surface area contributed by atoms with E-state index in [0.29, 0.717) is 19.6 Å². The third-order valence-corrected chi connectivity index (χ3v) is 6.23. The topological polar surface area (TPSA) is 61.8 Å². The van der Waals surface area contributed by atoms with E-state index in [1.807, 2.05) is 26.0 Å². The second-order valence-corrected chi connectivity index (χ2v) is 8.57. The van der Waals surface area contributed by atoms with E-state index in [-0.39, 0.29) is 23.7 Å². The molecule has 1 aromatic carbocycles. The smallest absolute Gasteiger partial charge is 0.313 e. The van der Waals surface area contributed by atoms with Gasteiger partial charge in [0.25, 0.3) is 0 Å². The van der Waals surface area contributed by atoms with Gasteiger partial charge in [0.15, 0.2) is 12.1 Å². The molecule has 0 bridgehead atoms. The summed E-state index contributed by atoms with van der Waals surface area (Å²) in [5.41, 5.74) is 1.17. The lowest BCUT2D eigenvalue weighted by Crippen LogP contribution is -2.23. The molecule has 2 rings (SSSR count). The fourth-order valence-corrected chi connectivity index (χ4v) is 4.19. The molecular formula is C23H34O5S. The van der Waals surface area contributed by atoms with Crippen molar-refractivity contribution in [3.63, 3.8) is 0 Å². The Hall–Kier alpha value is -1.37. The molecule has 1 saturated heterocycles. The highest BCUT2D eigenvalue weighted by Crippen LogP contribution is 2.28. The van der Waals surface area contributed by atoms with Crippen molar-refractivity contribution in [2.75, 3.05) is 19.8 Å². The van der Waals surface area contributed by atoms with Gasteiger partial charge in [-0.05, 0) is 56.2 Å². The van der Waals surface area contributed by atoms with E-state index in [0.717, 1.165) is 50.0 Å². The highest BCUT2D eigenvalue weighted by atomic mass is 32.2. The van der Waals surface area contributed by atoms with Crippen LogP contribution in [0, 0.1) is 0 Å². The largest absolute Gasteiger partial charge is 0.465 e. The van der Waals surface area contributed by atoms with Gasteiger partial charge in [-0.1, -0.05) is 32.4 Å². The fraction of sp³-hybridized carbons (Fsp3) is 0.652. The van der Waals surface area contributed by atoms with Crippen molar-refractivity contribution >= 4 is 23.5 Å². The monoisotopic (exact) mass is 422 g/mol. The normalized spacial score (nSPS) is 17.7. The zero-order chi connectivity index (χ0) is 20.9. The molecule has 6 heteroatoms. The van der Waals surface area contributed by atoms with Crippen LogP contribution in [0.1, 0.15) is 64.4 Å². The highest BCUT2D eigenvalue weighted by molar-refractivity contribution is 8.00. The first kappa shape index (κ1) is 23.9. The molecule has 0 aliphatic carbocycles. The Bertz CT molecular complexity index is 627. The van der Waals surface area contributed by atoms with Crippen LogP contribution >= 0.6 is 11.8 Å². The van der Waals surface area contributed by atoms with Crippen LogP contribution in [0.3, 0.4) is 0 Å². The van der Waals surface area contributed by atoms with Crippen LogP contribution in [-0.4, -0.2) is 43.1 Å². The summed E-state index contributed by atoms with van der Waals surface area (Å²) in [4.78, 5) is 25.4. The number of unbranched alkanes of at least 4 members (excludes halogenated alkanes) is 1. The third kappa shape index (κ3) is 9.32. The zero-order valence-corrected chi connectivity index (χ0v) is 18.5. The number of Topliss-reactive ketones (excluding diaryl/α,β-unsaturated/α-hetero) is 1. The predicted molar refractivity (Wildman–Crippen MR) is 115 cm³/mol. The standard InChI is InChI=1S/C23H34O5S/c1-3-5-13-26-22(25)17-20(24)21(4-2)29-19-10-8-9-18(16-19)12-15-28-23-11-6-7-14-27-23/h8-10,16,21,23H,3-7,11-15,17H2,1-2H3. The molecule has 2 unspecified atom stereocenters.